The Morgan fingerprint density at radius 1 is 0.939 bits per heavy atom. The van der Waals surface area contributed by atoms with E-state index in [1.165, 1.54) is 22.9 Å². The van der Waals surface area contributed by atoms with Gasteiger partial charge >= 0.3 is 0 Å². The van der Waals surface area contributed by atoms with Gasteiger partial charge in [0.2, 0.25) is 5.91 Å². The molecule has 1 saturated heterocycles. The van der Waals surface area contributed by atoms with Crippen LogP contribution < -0.4 is 10.5 Å². The standard InChI is InChI=1S/C23H23ClN4O4S/c1-33(31,32)20-8-2-17(3-9-20)16-23(30)27-14-12-26(13-15-27)21-10-11-22(29)28(25-21)19-6-4-18(24)5-7-19/h2-11H,12-16H2,1H3. The number of halogens is 1. The third-order valence-electron chi connectivity index (χ3n) is 5.52. The van der Waals surface area contributed by atoms with Gasteiger partial charge in [-0.1, -0.05) is 23.7 Å². The lowest BCUT2D eigenvalue weighted by molar-refractivity contribution is -0.130. The Labute approximate surface area is 196 Å². The van der Waals surface area contributed by atoms with Crippen LogP contribution in [0.2, 0.25) is 5.02 Å². The fraction of sp³-hybridized carbons (Fsp3) is 0.261. The number of hydrogen-bond acceptors (Lipinski definition) is 6. The maximum absolute atomic E-state index is 12.7. The zero-order valence-corrected chi connectivity index (χ0v) is 19.6. The van der Waals surface area contributed by atoms with Crippen molar-refractivity contribution < 1.29 is 13.2 Å². The number of nitrogens with zero attached hydrogens (tertiary/aromatic N) is 4. The summed E-state index contributed by atoms with van der Waals surface area (Å²) in [6.07, 6.45) is 1.37. The van der Waals surface area contributed by atoms with Gasteiger partial charge in [0.1, 0.15) is 5.82 Å². The monoisotopic (exact) mass is 486 g/mol. The summed E-state index contributed by atoms with van der Waals surface area (Å²) < 4.78 is 24.5. The second-order valence-corrected chi connectivity index (χ2v) is 10.3. The average Bonchev–Trinajstić information content (AvgIpc) is 2.80. The average molecular weight is 487 g/mol. The van der Waals surface area contributed by atoms with Crippen molar-refractivity contribution in [2.24, 2.45) is 0 Å². The van der Waals surface area contributed by atoms with Gasteiger partial charge in [0.25, 0.3) is 5.56 Å². The highest BCUT2D eigenvalue weighted by Gasteiger charge is 2.22. The lowest BCUT2D eigenvalue weighted by atomic mass is 10.1. The van der Waals surface area contributed by atoms with Crippen molar-refractivity contribution >= 4 is 33.2 Å². The minimum Gasteiger partial charge on any atom is -0.352 e. The van der Waals surface area contributed by atoms with E-state index in [1.807, 2.05) is 4.90 Å². The second-order valence-electron chi connectivity index (χ2n) is 7.88. The molecule has 0 radical (unpaired) electrons. The first-order valence-corrected chi connectivity index (χ1v) is 12.7. The van der Waals surface area contributed by atoms with Crippen molar-refractivity contribution in [2.45, 2.75) is 11.3 Å². The molecule has 0 atom stereocenters. The number of benzene rings is 2. The van der Waals surface area contributed by atoms with Crippen LogP contribution in [0.15, 0.2) is 70.4 Å². The molecule has 0 N–H and O–H groups in total. The summed E-state index contributed by atoms with van der Waals surface area (Å²) in [4.78, 5) is 29.1. The molecule has 2 aromatic carbocycles. The minimum atomic E-state index is -3.26. The van der Waals surface area contributed by atoms with Gasteiger partial charge in [0.05, 0.1) is 17.0 Å². The Hall–Kier alpha value is -3.17. The summed E-state index contributed by atoms with van der Waals surface area (Å²) in [5.41, 5.74) is 1.16. The topological polar surface area (TPSA) is 92.6 Å². The van der Waals surface area contributed by atoms with Gasteiger partial charge in [0, 0.05) is 43.5 Å². The first kappa shape index (κ1) is 23.0. The molecule has 1 aliphatic rings. The van der Waals surface area contributed by atoms with E-state index in [4.69, 9.17) is 11.6 Å². The largest absolute Gasteiger partial charge is 0.352 e. The Morgan fingerprint density at radius 3 is 2.18 bits per heavy atom. The van der Waals surface area contributed by atoms with Crippen LogP contribution in [0.4, 0.5) is 5.82 Å². The molecule has 2 heterocycles. The molecule has 1 aromatic heterocycles. The van der Waals surface area contributed by atoms with E-state index in [1.54, 1.807) is 47.4 Å². The molecule has 0 aliphatic carbocycles. The predicted molar refractivity (Wildman–Crippen MR) is 127 cm³/mol. The molecule has 3 aromatic rings. The van der Waals surface area contributed by atoms with Gasteiger partial charge in [-0.05, 0) is 48.0 Å². The van der Waals surface area contributed by atoms with Gasteiger partial charge in [-0.2, -0.15) is 4.68 Å². The molecule has 1 amide bonds. The summed E-state index contributed by atoms with van der Waals surface area (Å²) in [5, 5.41) is 5.07. The highest BCUT2D eigenvalue weighted by molar-refractivity contribution is 7.90. The quantitative estimate of drug-likeness (QED) is 0.549. The second kappa shape index (κ2) is 9.36. The lowest BCUT2D eigenvalue weighted by Gasteiger charge is -2.35. The van der Waals surface area contributed by atoms with Crippen molar-refractivity contribution in [2.75, 3.05) is 37.3 Å². The summed E-state index contributed by atoms with van der Waals surface area (Å²) in [6, 6.07) is 16.5. The number of aromatic nitrogens is 2. The number of anilines is 1. The van der Waals surface area contributed by atoms with Crippen LogP contribution in [0, 0.1) is 0 Å². The molecule has 0 unspecified atom stereocenters. The Kier molecular flexibility index (Phi) is 6.53. The van der Waals surface area contributed by atoms with E-state index in [9.17, 15) is 18.0 Å². The van der Waals surface area contributed by atoms with E-state index in [0.29, 0.717) is 42.7 Å². The summed E-state index contributed by atoms with van der Waals surface area (Å²) in [7, 11) is -3.26. The molecule has 8 nitrogen and oxygen atoms in total. The Morgan fingerprint density at radius 2 is 1.58 bits per heavy atom. The molecule has 33 heavy (non-hydrogen) atoms. The van der Waals surface area contributed by atoms with E-state index in [0.717, 1.165) is 11.8 Å². The van der Waals surface area contributed by atoms with E-state index in [-0.39, 0.29) is 22.8 Å². The highest BCUT2D eigenvalue weighted by atomic mass is 35.5. The third-order valence-corrected chi connectivity index (χ3v) is 6.90. The van der Waals surface area contributed by atoms with Crippen LogP contribution in [-0.2, 0) is 21.1 Å². The molecule has 1 aliphatic heterocycles. The zero-order chi connectivity index (χ0) is 23.6. The number of piperazine rings is 1. The van der Waals surface area contributed by atoms with E-state index >= 15 is 0 Å². The number of sulfone groups is 1. The number of hydrogen-bond donors (Lipinski definition) is 0. The molecule has 4 rings (SSSR count). The van der Waals surface area contributed by atoms with Crippen molar-refractivity contribution in [3.8, 4) is 5.69 Å². The minimum absolute atomic E-state index is 0.0131. The molecule has 172 valence electrons. The fourth-order valence-electron chi connectivity index (χ4n) is 3.66. The first-order chi connectivity index (χ1) is 15.7. The smallest absolute Gasteiger partial charge is 0.271 e. The van der Waals surface area contributed by atoms with Gasteiger partial charge in [-0.15, -0.1) is 5.10 Å². The Bertz CT molecular complexity index is 1310. The lowest BCUT2D eigenvalue weighted by Crippen LogP contribution is -2.49. The first-order valence-electron chi connectivity index (χ1n) is 10.4. The number of carbonyl (C=O) groups excluding carboxylic acids is 1. The number of rotatable bonds is 5. The molecule has 10 heteroatoms. The molecule has 0 bridgehead atoms. The van der Waals surface area contributed by atoms with Gasteiger partial charge in [-0.3, -0.25) is 9.59 Å². The van der Waals surface area contributed by atoms with Crippen LogP contribution in [0.25, 0.3) is 5.69 Å². The summed E-state index contributed by atoms with van der Waals surface area (Å²) in [5.74, 6) is 0.647. The van der Waals surface area contributed by atoms with E-state index < -0.39 is 9.84 Å². The maximum Gasteiger partial charge on any atom is 0.271 e. The van der Waals surface area contributed by atoms with Crippen molar-refractivity contribution in [3.63, 3.8) is 0 Å². The van der Waals surface area contributed by atoms with Gasteiger partial charge < -0.3 is 9.80 Å². The van der Waals surface area contributed by atoms with Gasteiger partial charge in [-0.25, -0.2) is 8.42 Å². The highest BCUT2D eigenvalue weighted by Crippen LogP contribution is 2.16. The van der Waals surface area contributed by atoms with Gasteiger partial charge in [0.15, 0.2) is 9.84 Å². The van der Waals surface area contributed by atoms with Crippen LogP contribution in [0.1, 0.15) is 5.56 Å². The van der Waals surface area contributed by atoms with E-state index in [2.05, 4.69) is 5.10 Å². The SMILES string of the molecule is CS(=O)(=O)c1ccc(CC(=O)N2CCN(c3ccc(=O)n(-c4ccc(Cl)cc4)n3)CC2)cc1. The summed E-state index contributed by atoms with van der Waals surface area (Å²) >= 11 is 5.93. The molecular formula is C23H23ClN4O4S. The molecule has 1 fully saturated rings. The zero-order valence-electron chi connectivity index (χ0n) is 18.0. The Balaban J connectivity index is 1.39. The van der Waals surface area contributed by atoms with Crippen LogP contribution in [0.5, 0.6) is 0 Å². The molecule has 0 saturated carbocycles. The number of carbonyl (C=O) groups is 1. The molecular weight excluding hydrogens is 464 g/mol. The van der Waals surface area contributed by atoms with Crippen LogP contribution in [0.3, 0.4) is 0 Å². The predicted octanol–water partition coefficient (Wildman–Crippen LogP) is 2.18. The van der Waals surface area contributed by atoms with Crippen molar-refractivity contribution in [1.82, 2.24) is 14.7 Å². The third kappa shape index (κ3) is 5.43. The van der Waals surface area contributed by atoms with Crippen LogP contribution >= 0.6 is 11.6 Å². The van der Waals surface area contributed by atoms with Crippen molar-refractivity contribution in [3.05, 3.63) is 81.6 Å². The maximum atomic E-state index is 12.7. The summed E-state index contributed by atoms with van der Waals surface area (Å²) in [6.45, 7) is 2.24. The van der Waals surface area contributed by atoms with Crippen LogP contribution in [-0.4, -0.2) is 61.4 Å². The molecule has 0 spiro atoms. The number of amides is 1. The normalized spacial score (nSPS) is 14.4. The fourth-order valence-corrected chi connectivity index (χ4v) is 4.42. The van der Waals surface area contributed by atoms with Crippen molar-refractivity contribution in [1.29, 1.82) is 0 Å².